The van der Waals surface area contributed by atoms with Crippen molar-refractivity contribution in [3.05, 3.63) is 76.9 Å². The van der Waals surface area contributed by atoms with Gasteiger partial charge in [-0.2, -0.15) is 4.98 Å². The number of hydrogen-bond donors (Lipinski definition) is 1. The summed E-state index contributed by atoms with van der Waals surface area (Å²) < 4.78 is 5.23. The van der Waals surface area contributed by atoms with Crippen LogP contribution in [0.3, 0.4) is 0 Å². The van der Waals surface area contributed by atoms with Gasteiger partial charge in [0.15, 0.2) is 5.82 Å². The molecule has 2 heterocycles. The van der Waals surface area contributed by atoms with Gasteiger partial charge in [0.05, 0.1) is 17.3 Å². The van der Waals surface area contributed by atoms with Gasteiger partial charge in [-0.05, 0) is 24.3 Å². The van der Waals surface area contributed by atoms with E-state index in [-0.39, 0.29) is 30.7 Å². The monoisotopic (exact) mass is 396 g/mol. The Labute approximate surface area is 166 Å². The smallest absolute Gasteiger partial charge is 0.251 e. The molecule has 0 saturated carbocycles. The van der Waals surface area contributed by atoms with E-state index in [1.807, 2.05) is 24.3 Å². The molecule has 1 saturated heterocycles. The number of para-hydroxylation sites is 1. The number of benzene rings is 2. The van der Waals surface area contributed by atoms with E-state index < -0.39 is 0 Å². The minimum Gasteiger partial charge on any atom is -0.343 e. The Balaban J connectivity index is 1.40. The van der Waals surface area contributed by atoms with Crippen LogP contribution >= 0.6 is 11.6 Å². The quantitative estimate of drug-likeness (QED) is 0.715. The topological polar surface area (TPSA) is 88.3 Å². The lowest BCUT2D eigenvalue weighted by atomic mass is 10.1. The van der Waals surface area contributed by atoms with Crippen molar-refractivity contribution in [3.8, 4) is 0 Å². The van der Waals surface area contributed by atoms with Crippen molar-refractivity contribution < 1.29 is 14.1 Å². The fraction of sp³-hybridized carbons (Fsp3) is 0.200. The second-order valence-electron chi connectivity index (χ2n) is 6.45. The van der Waals surface area contributed by atoms with E-state index in [4.69, 9.17) is 16.1 Å². The molecule has 2 amide bonds. The molecule has 0 aliphatic carbocycles. The molecule has 3 aromatic rings. The SMILES string of the molecule is O=C(NCc1nc(C2CC(=O)N(c3ccccc3Cl)C2)no1)c1ccccc1. The molecule has 28 heavy (non-hydrogen) atoms. The molecule has 0 spiro atoms. The normalized spacial score (nSPS) is 16.4. The van der Waals surface area contributed by atoms with Crippen molar-refractivity contribution in [3.63, 3.8) is 0 Å². The maximum atomic E-state index is 12.4. The number of rotatable bonds is 5. The van der Waals surface area contributed by atoms with Gasteiger partial charge in [-0.3, -0.25) is 9.59 Å². The van der Waals surface area contributed by atoms with Crippen LogP contribution in [-0.2, 0) is 11.3 Å². The molecule has 1 unspecified atom stereocenters. The number of aromatic nitrogens is 2. The van der Waals surface area contributed by atoms with Gasteiger partial charge in [0.1, 0.15) is 0 Å². The molecular formula is C20H17ClN4O3. The highest BCUT2D eigenvalue weighted by atomic mass is 35.5. The first kappa shape index (κ1) is 18.2. The number of nitrogens with one attached hydrogen (secondary N) is 1. The average Bonchev–Trinajstić information content (AvgIpc) is 3.34. The van der Waals surface area contributed by atoms with Crippen LogP contribution in [0, 0.1) is 0 Å². The first-order valence-electron chi connectivity index (χ1n) is 8.82. The summed E-state index contributed by atoms with van der Waals surface area (Å²) >= 11 is 6.20. The summed E-state index contributed by atoms with van der Waals surface area (Å²) in [5.41, 5.74) is 1.23. The molecule has 2 aromatic carbocycles. The van der Waals surface area contributed by atoms with E-state index in [9.17, 15) is 9.59 Å². The summed E-state index contributed by atoms with van der Waals surface area (Å²) in [7, 11) is 0. The summed E-state index contributed by atoms with van der Waals surface area (Å²) in [6.07, 6.45) is 0.278. The van der Waals surface area contributed by atoms with Crippen molar-refractivity contribution >= 4 is 29.1 Å². The molecular weight excluding hydrogens is 380 g/mol. The summed E-state index contributed by atoms with van der Waals surface area (Å²) in [5, 5.41) is 7.25. The number of anilines is 1. The summed E-state index contributed by atoms with van der Waals surface area (Å²) in [5.74, 6) is 0.295. The molecule has 8 heteroatoms. The lowest BCUT2D eigenvalue weighted by molar-refractivity contribution is -0.117. The molecule has 1 aromatic heterocycles. The highest BCUT2D eigenvalue weighted by molar-refractivity contribution is 6.33. The minimum atomic E-state index is -0.221. The molecule has 1 aliphatic heterocycles. The average molecular weight is 397 g/mol. The van der Waals surface area contributed by atoms with Gasteiger partial charge in [-0.15, -0.1) is 0 Å². The molecule has 7 nitrogen and oxygen atoms in total. The number of carbonyl (C=O) groups excluding carboxylic acids is 2. The van der Waals surface area contributed by atoms with E-state index in [0.717, 1.165) is 0 Å². The Kier molecular flexibility index (Phi) is 5.08. The lowest BCUT2D eigenvalue weighted by Gasteiger charge is -2.17. The highest BCUT2D eigenvalue weighted by Gasteiger charge is 2.35. The fourth-order valence-corrected chi connectivity index (χ4v) is 3.37. The van der Waals surface area contributed by atoms with Crippen LogP contribution in [0.4, 0.5) is 5.69 Å². The molecule has 1 aliphatic rings. The Morgan fingerprint density at radius 3 is 2.71 bits per heavy atom. The van der Waals surface area contributed by atoms with Crippen molar-refractivity contribution in [2.45, 2.75) is 18.9 Å². The predicted octanol–water partition coefficient (Wildman–Crippen LogP) is 3.17. The predicted molar refractivity (Wildman–Crippen MR) is 103 cm³/mol. The van der Waals surface area contributed by atoms with E-state index in [1.54, 1.807) is 35.2 Å². The van der Waals surface area contributed by atoms with Crippen LogP contribution in [0.5, 0.6) is 0 Å². The van der Waals surface area contributed by atoms with E-state index in [1.165, 1.54) is 0 Å². The largest absolute Gasteiger partial charge is 0.343 e. The number of hydrogen-bond acceptors (Lipinski definition) is 5. The summed E-state index contributed by atoms with van der Waals surface area (Å²) in [6.45, 7) is 0.549. The maximum Gasteiger partial charge on any atom is 0.251 e. The molecule has 1 N–H and O–H groups in total. The first-order valence-corrected chi connectivity index (χ1v) is 9.20. The van der Waals surface area contributed by atoms with Gasteiger partial charge in [-0.25, -0.2) is 0 Å². The zero-order valence-corrected chi connectivity index (χ0v) is 15.6. The van der Waals surface area contributed by atoms with Crippen LogP contribution in [-0.4, -0.2) is 28.5 Å². The second-order valence-corrected chi connectivity index (χ2v) is 6.86. The Morgan fingerprint density at radius 2 is 1.93 bits per heavy atom. The van der Waals surface area contributed by atoms with Gasteiger partial charge in [0, 0.05) is 24.4 Å². The van der Waals surface area contributed by atoms with Crippen molar-refractivity contribution in [2.24, 2.45) is 0 Å². The van der Waals surface area contributed by atoms with E-state index >= 15 is 0 Å². The minimum absolute atomic E-state index is 0.0400. The summed E-state index contributed by atoms with van der Waals surface area (Å²) in [6, 6.07) is 16.1. The third-order valence-corrected chi connectivity index (χ3v) is 4.87. The van der Waals surface area contributed by atoms with Crippen LogP contribution in [0.15, 0.2) is 59.1 Å². The van der Waals surface area contributed by atoms with Crippen molar-refractivity contribution in [1.82, 2.24) is 15.5 Å². The summed E-state index contributed by atoms with van der Waals surface area (Å²) in [4.78, 5) is 30.5. The molecule has 4 rings (SSSR count). The molecule has 142 valence electrons. The third kappa shape index (κ3) is 3.75. The number of halogens is 1. The maximum absolute atomic E-state index is 12.4. The van der Waals surface area contributed by atoms with E-state index in [0.29, 0.717) is 34.5 Å². The standard InChI is InChI=1S/C20H17ClN4O3/c21-15-8-4-5-9-16(15)25-12-14(10-18(25)26)19-23-17(28-24-19)11-22-20(27)13-6-2-1-3-7-13/h1-9,14H,10-12H2,(H,22,27). The lowest BCUT2D eigenvalue weighted by Crippen LogP contribution is -2.24. The van der Waals surface area contributed by atoms with Crippen LogP contribution in [0.25, 0.3) is 0 Å². The van der Waals surface area contributed by atoms with Gasteiger partial charge in [-0.1, -0.05) is 47.1 Å². The first-order chi connectivity index (χ1) is 13.6. The number of amides is 2. The van der Waals surface area contributed by atoms with Crippen molar-refractivity contribution in [2.75, 3.05) is 11.4 Å². The van der Waals surface area contributed by atoms with Gasteiger partial charge in [0.25, 0.3) is 5.91 Å². The third-order valence-electron chi connectivity index (χ3n) is 4.55. The number of carbonyl (C=O) groups is 2. The zero-order chi connectivity index (χ0) is 19.5. The van der Waals surface area contributed by atoms with Crippen LogP contribution in [0.1, 0.15) is 34.4 Å². The highest BCUT2D eigenvalue weighted by Crippen LogP contribution is 2.34. The van der Waals surface area contributed by atoms with E-state index in [2.05, 4.69) is 15.5 Å². The Bertz CT molecular complexity index is 1010. The molecule has 1 atom stereocenters. The molecule has 0 radical (unpaired) electrons. The van der Waals surface area contributed by atoms with Crippen molar-refractivity contribution in [1.29, 1.82) is 0 Å². The van der Waals surface area contributed by atoms with Crippen LogP contribution in [0.2, 0.25) is 5.02 Å². The molecule has 0 bridgehead atoms. The zero-order valence-electron chi connectivity index (χ0n) is 14.8. The molecule has 1 fully saturated rings. The fourth-order valence-electron chi connectivity index (χ4n) is 3.14. The van der Waals surface area contributed by atoms with Crippen LogP contribution < -0.4 is 10.2 Å². The number of nitrogens with zero attached hydrogens (tertiary/aromatic N) is 3. The van der Waals surface area contributed by atoms with Gasteiger partial charge >= 0.3 is 0 Å². The Morgan fingerprint density at radius 1 is 1.18 bits per heavy atom. The van der Waals surface area contributed by atoms with Gasteiger partial charge in [0.2, 0.25) is 11.8 Å². The second kappa shape index (κ2) is 7.82. The van der Waals surface area contributed by atoms with Gasteiger partial charge < -0.3 is 14.7 Å². The Hall–Kier alpha value is -3.19.